The summed E-state index contributed by atoms with van der Waals surface area (Å²) in [6, 6.07) is 1.41. The molecule has 0 amide bonds. The van der Waals surface area contributed by atoms with Crippen molar-refractivity contribution in [2.24, 2.45) is 0 Å². The number of carbonyl (C=O) groups is 1. The van der Waals surface area contributed by atoms with Crippen LogP contribution in [0.3, 0.4) is 0 Å². The molecular weight excluding hydrogens is 228 g/mol. The quantitative estimate of drug-likeness (QED) is 0.790. The van der Waals surface area contributed by atoms with Gasteiger partial charge in [-0.05, 0) is 13.0 Å². The smallest absolute Gasteiger partial charge is 0.337 e. The first-order valence-electron chi connectivity index (χ1n) is 4.63. The average molecular weight is 239 g/mol. The van der Waals surface area contributed by atoms with Gasteiger partial charge in [0.05, 0.1) is 10.6 Å². The summed E-state index contributed by atoms with van der Waals surface area (Å²) in [5, 5.41) is 12.0. The summed E-state index contributed by atoms with van der Waals surface area (Å²) < 4.78 is 0. The van der Waals surface area contributed by atoms with Crippen LogP contribution in [0.1, 0.15) is 23.7 Å². The zero-order chi connectivity index (χ0) is 12.1. The molecule has 0 bridgehead atoms. The van der Waals surface area contributed by atoms with Gasteiger partial charge < -0.3 is 10.4 Å². The van der Waals surface area contributed by atoms with Gasteiger partial charge in [-0.3, -0.25) is 0 Å². The molecule has 0 spiro atoms. The van der Waals surface area contributed by atoms with Crippen molar-refractivity contribution in [3.05, 3.63) is 22.8 Å². The SMILES string of the molecule is C#CCC(C)Nc1cc(C(=O)O)c(Cl)cn1. The molecule has 1 aromatic heterocycles. The molecule has 1 heterocycles. The number of anilines is 1. The number of nitrogens with one attached hydrogen (secondary N) is 1. The summed E-state index contributed by atoms with van der Waals surface area (Å²) in [7, 11) is 0. The van der Waals surface area contributed by atoms with Crippen molar-refractivity contribution in [3.8, 4) is 12.3 Å². The Bertz CT molecular complexity index is 440. The molecule has 84 valence electrons. The molecule has 0 aliphatic rings. The molecule has 0 aliphatic heterocycles. The Labute approximate surface area is 98.6 Å². The third kappa shape index (κ3) is 3.14. The molecule has 0 aromatic carbocycles. The van der Waals surface area contributed by atoms with E-state index in [1.807, 2.05) is 6.92 Å². The Morgan fingerprint density at radius 3 is 3.06 bits per heavy atom. The van der Waals surface area contributed by atoms with E-state index in [-0.39, 0.29) is 16.6 Å². The van der Waals surface area contributed by atoms with E-state index < -0.39 is 5.97 Å². The second-order valence-corrected chi connectivity index (χ2v) is 3.72. The van der Waals surface area contributed by atoms with Gasteiger partial charge in [-0.2, -0.15) is 0 Å². The maximum absolute atomic E-state index is 10.8. The topological polar surface area (TPSA) is 62.2 Å². The monoisotopic (exact) mass is 238 g/mol. The fraction of sp³-hybridized carbons (Fsp3) is 0.273. The predicted molar refractivity (Wildman–Crippen MR) is 62.7 cm³/mol. The number of rotatable bonds is 4. The summed E-state index contributed by atoms with van der Waals surface area (Å²) in [4.78, 5) is 14.8. The number of pyridine rings is 1. The van der Waals surface area contributed by atoms with Gasteiger partial charge in [0.15, 0.2) is 0 Å². The highest BCUT2D eigenvalue weighted by molar-refractivity contribution is 6.33. The van der Waals surface area contributed by atoms with Crippen LogP contribution in [0.15, 0.2) is 12.3 Å². The van der Waals surface area contributed by atoms with E-state index in [1.54, 1.807) is 0 Å². The summed E-state index contributed by atoms with van der Waals surface area (Å²) in [5.74, 6) is 1.87. The van der Waals surface area contributed by atoms with Crippen LogP contribution in [0.25, 0.3) is 0 Å². The first kappa shape index (κ1) is 12.3. The van der Waals surface area contributed by atoms with E-state index >= 15 is 0 Å². The lowest BCUT2D eigenvalue weighted by Gasteiger charge is -2.12. The maximum atomic E-state index is 10.8. The molecule has 1 rings (SSSR count). The fourth-order valence-electron chi connectivity index (χ4n) is 1.16. The maximum Gasteiger partial charge on any atom is 0.337 e. The zero-order valence-electron chi connectivity index (χ0n) is 8.70. The van der Waals surface area contributed by atoms with Gasteiger partial charge in [0, 0.05) is 18.7 Å². The first-order chi connectivity index (χ1) is 7.54. The lowest BCUT2D eigenvalue weighted by molar-refractivity contribution is 0.0697. The molecule has 16 heavy (non-hydrogen) atoms. The van der Waals surface area contributed by atoms with E-state index in [0.29, 0.717) is 12.2 Å². The summed E-state index contributed by atoms with van der Waals surface area (Å²) in [6.45, 7) is 1.89. The second kappa shape index (κ2) is 5.38. The van der Waals surface area contributed by atoms with E-state index in [4.69, 9.17) is 23.1 Å². The van der Waals surface area contributed by atoms with Crippen molar-refractivity contribution in [3.63, 3.8) is 0 Å². The highest BCUT2D eigenvalue weighted by Crippen LogP contribution is 2.18. The molecule has 1 aromatic rings. The van der Waals surface area contributed by atoms with Crippen LogP contribution < -0.4 is 5.32 Å². The number of aromatic nitrogens is 1. The van der Waals surface area contributed by atoms with Crippen molar-refractivity contribution in [2.45, 2.75) is 19.4 Å². The Morgan fingerprint density at radius 1 is 1.81 bits per heavy atom. The Morgan fingerprint density at radius 2 is 2.50 bits per heavy atom. The van der Waals surface area contributed by atoms with Crippen LogP contribution in [0.2, 0.25) is 5.02 Å². The van der Waals surface area contributed by atoms with Crippen molar-refractivity contribution in [1.82, 2.24) is 4.98 Å². The van der Waals surface area contributed by atoms with Gasteiger partial charge in [0.1, 0.15) is 5.82 Å². The third-order valence-electron chi connectivity index (χ3n) is 1.90. The number of terminal acetylenes is 1. The van der Waals surface area contributed by atoms with Gasteiger partial charge >= 0.3 is 5.97 Å². The van der Waals surface area contributed by atoms with Crippen LogP contribution in [0, 0.1) is 12.3 Å². The fourth-order valence-corrected chi connectivity index (χ4v) is 1.35. The highest BCUT2D eigenvalue weighted by atomic mass is 35.5. The van der Waals surface area contributed by atoms with Gasteiger partial charge in [-0.25, -0.2) is 9.78 Å². The summed E-state index contributed by atoms with van der Waals surface area (Å²) >= 11 is 5.69. The lowest BCUT2D eigenvalue weighted by atomic mass is 10.2. The van der Waals surface area contributed by atoms with Gasteiger partial charge in [0.25, 0.3) is 0 Å². The Kier molecular flexibility index (Phi) is 4.15. The largest absolute Gasteiger partial charge is 0.478 e. The Balaban J connectivity index is 2.87. The molecule has 1 unspecified atom stereocenters. The number of carboxylic acid groups (broad SMARTS) is 1. The molecule has 0 saturated heterocycles. The summed E-state index contributed by atoms with van der Waals surface area (Å²) in [6.07, 6.45) is 7.00. The molecular formula is C11H11ClN2O2. The number of aromatic carboxylic acids is 1. The van der Waals surface area contributed by atoms with Crippen molar-refractivity contribution < 1.29 is 9.90 Å². The standard InChI is InChI=1S/C11H11ClN2O2/c1-3-4-7(2)14-10-5-8(11(15)16)9(12)6-13-10/h1,5-7H,4H2,2H3,(H,13,14)(H,15,16). The second-order valence-electron chi connectivity index (χ2n) is 3.31. The number of nitrogens with zero attached hydrogens (tertiary/aromatic N) is 1. The molecule has 0 aliphatic carbocycles. The van der Waals surface area contributed by atoms with Gasteiger partial charge in [-0.1, -0.05) is 11.6 Å². The van der Waals surface area contributed by atoms with Crippen LogP contribution in [-0.4, -0.2) is 22.1 Å². The summed E-state index contributed by atoms with van der Waals surface area (Å²) in [5.41, 5.74) is 0.0204. The molecule has 0 fully saturated rings. The van der Waals surface area contributed by atoms with Crippen molar-refractivity contribution in [2.75, 3.05) is 5.32 Å². The van der Waals surface area contributed by atoms with Gasteiger partial charge in [0.2, 0.25) is 0 Å². The zero-order valence-corrected chi connectivity index (χ0v) is 9.45. The number of carboxylic acids is 1. The molecule has 4 nitrogen and oxygen atoms in total. The molecule has 0 saturated carbocycles. The third-order valence-corrected chi connectivity index (χ3v) is 2.21. The van der Waals surface area contributed by atoms with Crippen molar-refractivity contribution >= 4 is 23.4 Å². The van der Waals surface area contributed by atoms with E-state index in [0.717, 1.165) is 0 Å². The van der Waals surface area contributed by atoms with Crippen molar-refractivity contribution in [1.29, 1.82) is 0 Å². The predicted octanol–water partition coefficient (Wildman–Crippen LogP) is 2.26. The number of hydrogen-bond acceptors (Lipinski definition) is 3. The minimum absolute atomic E-state index is 0.0204. The van der Waals surface area contributed by atoms with Crippen LogP contribution in [0.5, 0.6) is 0 Å². The molecule has 1 atom stereocenters. The highest BCUT2D eigenvalue weighted by Gasteiger charge is 2.11. The minimum atomic E-state index is -1.08. The Hall–Kier alpha value is -1.73. The normalized spacial score (nSPS) is 11.6. The van der Waals surface area contributed by atoms with E-state index in [1.165, 1.54) is 12.3 Å². The minimum Gasteiger partial charge on any atom is -0.478 e. The van der Waals surface area contributed by atoms with Gasteiger partial charge in [-0.15, -0.1) is 12.3 Å². The first-order valence-corrected chi connectivity index (χ1v) is 5.01. The van der Waals surface area contributed by atoms with E-state index in [2.05, 4.69) is 16.2 Å². The van der Waals surface area contributed by atoms with Crippen LogP contribution in [-0.2, 0) is 0 Å². The molecule has 2 N–H and O–H groups in total. The lowest BCUT2D eigenvalue weighted by Crippen LogP contribution is -2.15. The molecule has 5 heteroatoms. The number of hydrogen-bond donors (Lipinski definition) is 2. The van der Waals surface area contributed by atoms with Crippen LogP contribution >= 0.6 is 11.6 Å². The molecule has 0 radical (unpaired) electrons. The van der Waals surface area contributed by atoms with E-state index in [9.17, 15) is 4.79 Å². The van der Waals surface area contributed by atoms with Crippen LogP contribution in [0.4, 0.5) is 5.82 Å². The number of halogens is 1. The average Bonchev–Trinajstić information content (AvgIpc) is 2.21.